The average Bonchev–Trinajstić information content (AvgIpc) is 2.65. The molecule has 0 N–H and O–H groups in total. The van der Waals surface area contributed by atoms with Crippen LogP contribution in [0.3, 0.4) is 0 Å². The molecule has 1 aliphatic rings. The molecule has 1 fully saturated rings. The van der Waals surface area contributed by atoms with Gasteiger partial charge in [-0.15, -0.1) is 0 Å². The summed E-state index contributed by atoms with van der Waals surface area (Å²) in [7, 11) is -3.97. The number of carbonyl (C=O) groups excluding carboxylic acids is 2. The molecule has 0 spiro atoms. The van der Waals surface area contributed by atoms with Crippen LogP contribution in [0.15, 0.2) is 29.2 Å². The summed E-state index contributed by atoms with van der Waals surface area (Å²) in [6.45, 7) is 9.17. The van der Waals surface area contributed by atoms with Crippen molar-refractivity contribution in [2.75, 3.05) is 26.2 Å². The Morgan fingerprint density at radius 1 is 1.12 bits per heavy atom. The maximum absolute atomic E-state index is 13.6. The summed E-state index contributed by atoms with van der Waals surface area (Å²) < 4.78 is 38.9. The lowest BCUT2D eigenvalue weighted by atomic mass is 10.1. The van der Waals surface area contributed by atoms with Crippen molar-refractivity contribution in [3.05, 3.63) is 29.8 Å². The number of esters is 1. The Bertz CT molecular complexity index is 888. The molecular formula is C23H36N2O6S. The summed E-state index contributed by atoms with van der Waals surface area (Å²) in [5.74, 6) is -0.616. The Morgan fingerprint density at radius 3 is 2.38 bits per heavy atom. The molecule has 1 heterocycles. The highest BCUT2D eigenvalue weighted by Crippen LogP contribution is 2.28. The van der Waals surface area contributed by atoms with Gasteiger partial charge in [-0.25, -0.2) is 13.2 Å². The summed E-state index contributed by atoms with van der Waals surface area (Å²) in [6, 6.07) is 6.38. The predicted molar refractivity (Wildman–Crippen MR) is 122 cm³/mol. The summed E-state index contributed by atoms with van der Waals surface area (Å²) in [5, 5.41) is 0. The second kappa shape index (κ2) is 11.1. The minimum absolute atomic E-state index is 0.158. The van der Waals surface area contributed by atoms with Crippen LogP contribution in [0.1, 0.15) is 59.4 Å². The highest BCUT2D eigenvalue weighted by molar-refractivity contribution is 7.89. The summed E-state index contributed by atoms with van der Waals surface area (Å²) in [4.78, 5) is 26.2. The van der Waals surface area contributed by atoms with Gasteiger partial charge in [0.1, 0.15) is 12.1 Å². The molecule has 1 saturated heterocycles. The zero-order valence-electron chi connectivity index (χ0n) is 19.8. The second-order valence-corrected chi connectivity index (χ2v) is 10.8. The third-order valence-corrected chi connectivity index (χ3v) is 7.12. The van der Waals surface area contributed by atoms with Crippen molar-refractivity contribution in [3.63, 3.8) is 0 Å². The molecule has 32 heavy (non-hydrogen) atoms. The summed E-state index contributed by atoms with van der Waals surface area (Å²) >= 11 is 0. The van der Waals surface area contributed by atoms with Gasteiger partial charge < -0.3 is 14.4 Å². The van der Waals surface area contributed by atoms with Crippen LogP contribution >= 0.6 is 0 Å². The standard InChI is InChI=1S/C23H36N2O6S/c1-6-8-9-12-18-13-10-11-14-20(18)32(28,29)25(17-21(26)30-7-2)19-15-24(16-19)22(27)31-23(3,4)5/h10-11,13-14,19H,6-9,12,15-17H2,1-5H3. The first kappa shape index (κ1) is 26.1. The zero-order chi connectivity index (χ0) is 23.9. The van der Waals surface area contributed by atoms with Gasteiger partial charge in [0.15, 0.2) is 0 Å². The van der Waals surface area contributed by atoms with E-state index in [1.807, 2.05) is 12.1 Å². The number of likely N-dealkylation sites (tertiary alicyclic amines) is 1. The molecule has 0 unspecified atom stereocenters. The largest absolute Gasteiger partial charge is 0.465 e. The lowest BCUT2D eigenvalue weighted by Gasteiger charge is -2.44. The number of aryl methyl sites for hydroxylation is 1. The fourth-order valence-electron chi connectivity index (χ4n) is 3.51. The SMILES string of the molecule is CCCCCc1ccccc1S(=O)(=O)N(CC(=O)OCC)C1CN(C(=O)OC(C)(C)C)C1. The lowest BCUT2D eigenvalue weighted by molar-refractivity contribution is -0.144. The molecule has 2 rings (SSSR count). The lowest BCUT2D eigenvalue weighted by Crippen LogP contribution is -2.63. The third kappa shape index (κ3) is 6.93. The number of benzene rings is 1. The van der Waals surface area contributed by atoms with Crippen molar-refractivity contribution >= 4 is 22.1 Å². The van der Waals surface area contributed by atoms with E-state index in [4.69, 9.17) is 9.47 Å². The molecule has 1 amide bonds. The molecule has 1 aliphatic heterocycles. The molecule has 0 bridgehead atoms. The van der Waals surface area contributed by atoms with Crippen molar-refractivity contribution < 1.29 is 27.5 Å². The number of amides is 1. The molecule has 0 aromatic heterocycles. The van der Waals surface area contributed by atoms with Crippen LogP contribution in [-0.2, 0) is 30.7 Å². The summed E-state index contributed by atoms with van der Waals surface area (Å²) in [6.07, 6.45) is 3.07. The van der Waals surface area contributed by atoms with Crippen LogP contribution in [0.5, 0.6) is 0 Å². The van der Waals surface area contributed by atoms with Gasteiger partial charge in [0.05, 0.1) is 17.5 Å². The number of ether oxygens (including phenoxy) is 2. The monoisotopic (exact) mass is 468 g/mol. The quantitative estimate of drug-likeness (QED) is 0.385. The van der Waals surface area contributed by atoms with Gasteiger partial charge in [0.2, 0.25) is 10.0 Å². The van der Waals surface area contributed by atoms with Gasteiger partial charge >= 0.3 is 12.1 Å². The van der Waals surface area contributed by atoms with E-state index < -0.39 is 40.3 Å². The van der Waals surface area contributed by atoms with Crippen molar-refractivity contribution in [1.82, 2.24) is 9.21 Å². The van der Waals surface area contributed by atoms with Crippen molar-refractivity contribution in [2.45, 2.75) is 76.8 Å². The van der Waals surface area contributed by atoms with E-state index in [9.17, 15) is 18.0 Å². The van der Waals surface area contributed by atoms with Crippen LogP contribution in [0, 0.1) is 0 Å². The molecular weight excluding hydrogens is 432 g/mol. The first-order valence-electron chi connectivity index (χ1n) is 11.2. The van der Waals surface area contributed by atoms with Crippen molar-refractivity contribution in [1.29, 1.82) is 0 Å². The first-order valence-corrected chi connectivity index (χ1v) is 12.7. The normalized spacial score (nSPS) is 14.9. The molecule has 1 aromatic carbocycles. The predicted octanol–water partition coefficient (Wildman–Crippen LogP) is 3.59. The van der Waals surface area contributed by atoms with E-state index >= 15 is 0 Å². The first-order chi connectivity index (χ1) is 15.0. The van der Waals surface area contributed by atoms with Gasteiger partial charge in [0, 0.05) is 13.1 Å². The van der Waals surface area contributed by atoms with E-state index in [0.717, 1.165) is 24.8 Å². The molecule has 180 valence electrons. The minimum atomic E-state index is -3.97. The van der Waals surface area contributed by atoms with Crippen LogP contribution in [-0.4, -0.2) is 67.6 Å². The fraction of sp³-hybridized carbons (Fsp3) is 0.652. The highest BCUT2D eigenvalue weighted by atomic mass is 32.2. The molecule has 0 saturated carbocycles. The average molecular weight is 469 g/mol. The zero-order valence-corrected chi connectivity index (χ0v) is 20.6. The van der Waals surface area contributed by atoms with Gasteiger partial charge in [-0.3, -0.25) is 4.79 Å². The molecule has 8 nitrogen and oxygen atoms in total. The maximum atomic E-state index is 13.6. The maximum Gasteiger partial charge on any atom is 0.410 e. The number of hydrogen-bond donors (Lipinski definition) is 0. The Kier molecular flexibility index (Phi) is 9.09. The molecule has 9 heteroatoms. The van der Waals surface area contributed by atoms with E-state index in [0.29, 0.717) is 6.42 Å². The van der Waals surface area contributed by atoms with Crippen molar-refractivity contribution in [3.8, 4) is 0 Å². The smallest absolute Gasteiger partial charge is 0.410 e. The van der Waals surface area contributed by atoms with Crippen LogP contribution in [0.2, 0.25) is 0 Å². The van der Waals surface area contributed by atoms with E-state index in [2.05, 4.69) is 6.92 Å². The van der Waals surface area contributed by atoms with Crippen LogP contribution < -0.4 is 0 Å². The van der Waals surface area contributed by atoms with Gasteiger partial charge in [0.25, 0.3) is 0 Å². The number of unbranched alkanes of at least 4 members (excludes halogenated alkanes) is 2. The number of nitrogens with zero attached hydrogens (tertiary/aromatic N) is 2. The molecule has 1 aromatic rings. The number of sulfonamides is 1. The number of hydrogen-bond acceptors (Lipinski definition) is 6. The number of rotatable bonds is 10. The fourth-order valence-corrected chi connectivity index (χ4v) is 5.32. The number of carbonyl (C=O) groups is 2. The molecule has 0 radical (unpaired) electrons. The van der Waals surface area contributed by atoms with E-state index in [-0.39, 0.29) is 24.6 Å². The third-order valence-electron chi connectivity index (χ3n) is 5.12. The molecule has 0 atom stereocenters. The Hall–Kier alpha value is -2.13. The van der Waals surface area contributed by atoms with Crippen molar-refractivity contribution in [2.24, 2.45) is 0 Å². The Labute approximate surface area is 191 Å². The van der Waals surface area contributed by atoms with Crippen LogP contribution in [0.4, 0.5) is 4.79 Å². The van der Waals surface area contributed by atoms with Crippen LogP contribution in [0.25, 0.3) is 0 Å². The molecule has 0 aliphatic carbocycles. The minimum Gasteiger partial charge on any atom is -0.465 e. The Morgan fingerprint density at radius 2 is 1.78 bits per heavy atom. The van der Waals surface area contributed by atoms with E-state index in [1.165, 1.54) is 9.21 Å². The Balaban J connectivity index is 2.26. The highest BCUT2D eigenvalue weighted by Gasteiger charge is 2.43. The van der Waals surface area contributed by atoms with E-state index in [1.54, 1.807) is 39.8 Å². The summed E-state index contributed by atoms with van der Waals surface area (Å²) in [5.41, 5.74) is 0.0918. The topological polar surface area (TPSA) is 93.2 Å². The van der Waals surface area contributed by atoms with Gasteiger partial charge in [-0.2, -0.15) is 4.31 Å². The second-order valence-electron chi connectivity index (χ2n) is 8.96. The van der Waals surface area contributed by atoms with Gasteiger partial charge in [-0.1, -0.05) is 38.0 Å². The van der Waals surface area contributed by atoms with Gasteiger partial charge in [-0.05, 0) is 52.2 Å².